The maximum atomic E-state index is 12.7. The van der Waals surface area contributed by atoms with Crippen LogP contribution in [0.3, 0.4) is 0 Å². The highest BCUT2D eigenvalue weighted by Gasteiger charge is 1.97. The normalized spacial score (nSPS) is 10.3. The first-order chi connectivity index (χ1) is 8.74. The highest BCUT2D eigenvalue weighted by molar-refractivity contribution is 7.99. The number of hydrogen-bond acceptors (Lipinski definition) is 4. The minimum Gasteiger partial charge on any atom is -0.493 e. The van der Waals surface area contributed by atoms with E-state index in [1.54, 1.807) is 30.1 Å². The number of hydrogen-bond donors (Lipinski definition) is 1. The Hall–Kier alpha value is -1.75. The molecule has 1 aromatic heterocycles. The molecule has 0 aliphatic heterocycles. The number of anilines is 1. The Morgan fingerprint density at radius 3 is 2.61 bits per heavy atom. The van der Waals surface area contributed by atoms with Gasteiger partial charge in [0.05, 0.1) is 23.5 Å². The van der Waals surface area contributed by atoms with Crippen molar-refractivity contribution in [3.8, 4) is 5.75 Å². The van der Waals surface area contributed by atoms with E-state index in [9.17, 15) is 4.39 Å². The van der Waals surface area contributed by atoms with Crippen LogP contribution in [0.25, 0.3) is 0 Å². The van der Waals surface area contributed by atoms with E-state index in [-0.39, 0.29) is 5.82 Å². The number of nitrogens with zero attached hydrogens (tertiary/aromatic N) is 1. The Morgan fingerprint density at radius 1 is 1.17 bits per heavy atom. The zero-order chi connectivity index (χ0) is 12.8. The van der Waals surface area contributed by atoms with E-state index in [0.29, 0.717) is 18.0 Å². The van der Waals surface area contributed by atoms with Gasteiger partial charge in [0, 0.05) is 5.75 Å². The van der Waals surface area contributed by atoms with Crippen LogP contribution in [0.4, 0.5) is 10.1 Å². The summed E-state index contributed by atoms with van der Waals surface area (Å²) in [5, 5.41) is 0.909. The molecular formula is C13H13FN2OS. The fourth-order valence-electron chi connectivity index (χ4n) is 1.31. The van der Waals surface area contributed by atoms with Gasteiger partial charge in [-0.25, -0.2) is 9.37 Å². The molecule has 1 aromatic carbocycles. The Morgan fingerprint density at radius 2 is 1.94 bits per heavy atom. The highest BCUT2D eigenvalue weighted by atomic mass is 32.2. The first-order valence-corrected chi connectivity index (χ1v) is 6.45. The Bertz CT molecular complexity index is 440. The molecule has 0 spiro atoms. The molecule has 2 aromatic rings. The van der Waals surface area contributed by atoms with Crippen LogP contribution in [-0.2, 0) is 0 Å². The maximum absolute atomic E-state index is 12.7. The second-order valence-electron chi connectivity index (χ2n) is 3.58. The molecule has 94 valence electrons. The smallest absolute Gasteiger partial charge is 0.123 e. The van der Waals surface area contributed by atoms with Crippen molar-refractivity contribution in [3.05, 3.63) is 48.4 Å². The molecule has 0 fully saturated rings. The first-order valence-electron chi connectivity index (χ1n) is 5.47. The second-order valence-corrected chi connectivity index (χ2v) is 4.70. The Labute approximate surface area is 109 Å². The molecule has 0 saturated heterocycles. The first kappa shape index (κ1) is 12.7. The quantitative estimate of drug-likeness (QED) is 0.666. The zero-order valence-electron chi connectivity index (χ0n) is 9.67. The van der Waals surface area contributed by atoms with Crippen LogP contribution in [0.15, 0.2) is 47.6 Å². The van der Waals surface area contributed by atoms with Crippen molar-refractivity contribution in [1.29, 1.82) is 0 Å². The SMILES string of the molecule is Nc1ccc(SCCOc2ccc(F)cc2)nc1. The van der Waals surface area contributed by atoms with Crippen LogP contribution in [0.2, 0.25) is 0 Å². The number of rotatable bonds is 5. The summed E-state index contributed by atoms with van der Waals surface area (Å²) >= 11 is 1.59. The van der Waals surface area contributed by atoms with Gasteiger partial charge >= 0.3 is 0 Å². The van der Waals surface area contributed by atoms with Gasteiger partial charge in [-0.3, -0.25) is 0 Å². The number of nitrogens with two attached hydrogens (primary N) is 1. The van der Waals surface area contributed by atoms with E-state index in [0.717, 1.165) is 10.8 Å². The number of aromatic nitrogens is 1. The topological polar surface area (TPSA) is 48.1 Å². The molecular weight excluding hydrogens is 251 g/mol. The van der Waals surface area contributed by atoms with E-state index >= 15 is 0 Å². The monoisotopic (exact) mass is 264 g/mol. The summed E-state index contributed by atoms with van der Waals surface area (Å²) in [6.45, 7) is 0.544. The van der Waals surface area contributed by atoms with Gasteiger partial charge in [-0.2, -0.15) is 0 Å². The third kappa shape index (κ3) is 3.92. The predicted octanol–water partition coefficient (Wildman–Crippen LogP) is 2.97. The van der Waals surface area contributed by atoms with Gasteiger partial charge in [0.1, 0.15) is 11.6 Å². The molecule has 2 rings (SSSR count). The Kier molecular flexibility index (Phi) is 4.41. The molecule has 1 heterocycles. The number of ether oxygens (including phenoxy) is 1. The molecule has 3 nitrogen and oxygen atoms in total. The average Bonchev–Trinajstić information content (AvgIpc) is 2.39. The summed E-state index contributed by atoms with van der Waals surface area (Å²) in [5.74, 6) is 1.18. The largest absolute Gasteiger partial charge is 0.493 e. The van der Waals surface area contributed by atoms with Crippen molar-refractivity contribution < 1.29 is 9.13 Å². The fourth-order valence-corrected chi connectivity index (χ4v) is 1.98. The lowest BCUT2D eigenvalue weighted by Gasteiger charge is -2.05. The van der Waals surface area contributed by atoms with Crippen molar-refractivity contribution in [2.24, 2.45) is 0 Å². The summed E-state index contributed by atoms with van der Waals surface area (Å²) in [6.07, 6.45) is 1.63. The van der Waals surface area contributed by atoms with Gasteiger partial charge in [-0.15, -0.1) is 11.8 Å². The van der Waals surface area contributed by atoms with E-state index in [4.69, 9.17) is 10.5 Å². The molecule has 0 aliphatic rings. The second kappa shape index (κ2) is 6.26. The van der Waals surface area contributed by atoms with Crippen molar-refractivity contribution in [3.63, 3.8) is 0 Å². The minimum atomic E-state index is -0.261. The maximum Gasteiger partial charge on any atom is 0.123 e. The third-order valence-electron chi connectivity index (χ3n) is 2.17. The molecule has 0 amide bonds. The molecule has 5 heteroatoms. The van der Waals surface area contributed by atoms with E-state index in [1.807, 2.05) is 12.1 Å². The lowest BCUT2D eigenvalue weighted by Crippen LogP contribution is -2.00. The molecule has 0 unspecified atom stereocenters. The van der Waals surface area contributed by atoms with Crippen LogP contribution in [0.5, 0.6) is 5.75 Å². The number of nitrogen functional groups attached to an aromatic ring is 1. The fraction of sp³-hybridized carbons (Fsp3) is 0.154. The van der Waals surface area contributed by atoms with E-state index in [1.165, 1.54) is 12.1 Å². The zero-order valence-corrected chi connectivity index (χ0v) is 10.5. The van der Waals surface area contributed by atoms with Crippen LogP contribution in [-0.4, -0.2) is 17.3 Å². The van der Waals surface area contributed by atoms with E-state index < -0.39 is 0 Å². The van der Waals surface area contributed by atoms with Crippen LogP contribution in [0.1, 0.15) is 0 Å². The summed E-state index contributed by atoms with van der Waals surface area (Å²) in [6, 6.07) is 9.67. The highest BCUT2D eigenvalue weighted by Crippen LogP contribution is 2.16. The molecule has 0 aliphatic carbocycles. The van der Waals surface area contributed by atoms with Gasteiger partial charge < -0.3 is 10.5 Å². The van der Waals surface area contributed by atoms with Gasteiger partial charge in [-0.1, -0.05) is 0 Å². The summed E-state index contributed by atoms with van der Waals surface area (Å²) in [4.78, 5) is 4.17. The van der Waals surface area contributed by atoms with Crippen molar-refractivity contribution >= 4 is 17.4 Å². The molecule has 18 heavy (non-hydrogen) atoms. The standard InChI is InChI=1S/C13H13FN2OS/c14-10-1-4-12(5-2-10)17-7-8-18-13-6-3-11(15)9-16-13/h1-6,9H,7-8,15H2. The van der Waals surface area contributed by atoms with Crippen molar-refractivity contribution in [2.75, 3.05) is 18.1 Å². The summed E-state index contributed by atoms with van der Waals surface area (Å²) < 4.78 is 18.1. The molecule has 0 atom stereocenters. The molecule has 0 radical (unpaired) electrons. The molecule has 2 N–H and O–H groups in total. The Balaban J connectivity index is 1.73. The molecule has 0 saturated carbocycles. The average molecular weight is 264 g/mol. The number of pyridine rings is 1. The summed E-state index contributed by atoms with van der Waals surface area (Å²) in [7, 11) is 0. The molecule has 0 bridgehead atoms. The lowest BCUT2D eigenvalue weighted by atomic mass is 10.3. The van der Waals surface area contributed by atoms with Crippen molar-refractivity contribution in [1.82, 2.24) is 4.98 Å². The minimum absolute atomic E-state index is 0.261. The van der Waals surface area contributed by atoms with Gasteiger partial charge in [0.2, 0.25) is 0 Å². The van der Waals surface area contributed by atoms with Crippen molar-refractivity contribution in [2.45, 2.75) is 5.03 Å². The predicted molar refractivity (Wildman–Crippen MR) is 71.3 cm³/mol. The third-order valence-corrected chi connectivity index (χ3v) is 3.08. The van der Waals surface area contributed by atoms with Crippen LogP contribution >= 0.6 is 11.8 Å². The number of halogens is 1. The van der Waals surface area contributed by atoms with E-state index in [2.05, 4.69) is 4.98 Å². The van der Waals surface area contributed by atoms with Crippen LogP contribution in [0, 0.1) is 5.82 Å². The van der Waals surface area contributed by atoms with Crippen LogP contribution < -0.4 is 10.5 Å². The van der Waals surface area contributed by atoms with Gasteiger partial charge in [-0.05, 0) is 36.4 Å². The number of benzene rings is 1. The summed E-state index contributed by atoms with van der Waals surface area (Å²) in [5.41, 5.74) is 6.20. The lowest BCUT2D eigenvalue weighted by molar-refractivity contribution is 0.343. The number of thioether (sulfide) groups is 1. The van der Waals surface area contributed by atoms with Gasteiger partial charge in [0.25, 0.3) is 0 Å². The van der Waals surface area contributed by atoms with Gasteiger partial charge in [0.15, 0.2) is 0 Å².